The molecule has 4 nitrogen and oxygen atoms in total. The average Bonchev–Trinajstić information content (AvgIpc) is 2.26. The standard InChI is InChI=1S/C12H24N2O2/c1-4-5-6-16-10-7-9(12(10,2)3)14-11(15)8-13/h9-10H,4-8,13H2,1-3H3,(H,14,15). The summed E-state index contributed by atoms with van der Waals surface area (Å²) in [5.74, 6) is -0.0786. The van der Waals surface area contributed by atoms with Gasteiger partial charge in [0.25, 0.3) is 0 Å². The maximum atomic E-state index is 11.2. The van der Waals surface area contributed by atoms with E-state index < -0.39 is 0 Å². The molecule has 1 saturated carbocycles. The number of ether oxygens (including phenoxy) is 1. The molecule has 16 heavy (non-hydrogen) atoms. The van der Waals surface area contributed by atoms with E-state index in [0.717, 1.165) is 25.9 Å². The van der Waals surface area contributed by atoms with Crippen LogP contribution in [0.1, 0.15) is 40.0 Å². The van der Waals surface area contributed by atoms with E-state index in [9.17, 15) is 4.79 Å². The second-order valence-electron chi connectivity index (χ2n) is 5.09. The van der Waals surface area contributed by atoms with Crippen LogP contribution in [0.5, 0.6) is 0 Å². The molecule has 0 aliphatic heterocycles. The Labute approximate surface area is 97.9 Å². The van der Waals surface area contributed by atoms with Gasteiger partial charge in [-0.25, -0.2) is 0 Å². The zero-order valence-electron chi connectivity index (χ0n) is 10.6. The van der Waals surface area contributed by atoms with E-state index in [-0.39, 0.29) is 30.0 Å². The minimum Gasteiger partial charge on any atom is -0.378 e. The largest absolute Gasteiger partial charge is 0.378 e. The Balaban J connectivity index is 2.32. The molecule has 0 aromatic rings. The Morgan fingerprint density at radius 1 is 1.56 bits per heavy atom. The highest BCUT2D eigenvalue weighted by molar-refractivity contribution is 5.78. The van der Waals surface area contributed by atoms with E-state index in [4.69, 9.17) is 10.5 Å². The summed E-state index contributed by atoms with van der Waals surface area (Å²) in [6.07, 6.45) is 3.43. The molecule has 1 aliphatic rings. The van der Waals surface area contributed by atoms with Crippen molar-refractivity contribution in [1.29, 1.82) is 0 Å². The van der Waals surface area contributed by atoms with Gasteiger partial charge in [0.1, 0.15) is 0 Å². The van der Waals surface area contributed by atoms with Crippen molar-refractivity contribution in [1.82, 2.24) is 5.32 Å². The van der Waals surface area contributed by atoms with Crippen LogP contribution in [0.2, 0.25) is 0 Å². The van der Waals surface area contributed by atoms with Crippen molar-refractivity contribution >= 4 is 5.91 Å². The zero-order chi connectivity index (χ0) is 12.2. The van der Waals surface area contributed by atoms with Crippen molar-refractivity contribution in [2.45, 2.75) is 52.2 Å². The van der Waals surface area contributed by atoms with Crippen LogP contribution in [-0.2, 0) is 9.53 Å². The van der Waals surface area contributed by atoms with Crippen LogP contribution in [0.25, 0.3) is 0 Å². The van der Waals surface area contributed by atoms with E-state index >= 15 is 0 Å². The highest BCUT2D eigenvalue weighted by Crippen LogP contribution is 2.42. The lowest BCUT2D eigenvalue weighted by Crippen LogP contribution is -2.62. The van der Waals surface area contributed by atoms with Gasteiger partial charge in [0, 0.05) is 18.1 Å². The van der Waals surface area contributed by atoms with Gasteiger partial charge in [-0.1, -0.05) is 27.2 Å². The predicted molar refractivity (Wildman–Crippen MR) is 64.0 cm³/mol. The van der Waals surface area contributed by atoms with Crippen molar-refractivity contribution in [2.24, 2.45) is 11.1 Å². The molecule has 1 amide bonds. The molecular formula is C12H24N2O2. The number of hydrogen-bond acceptors (Lipinski definition) is 3. The fraction of sp³-hybridized carbons (Fsp3) is 0.917. The van der Waals surface area contributed by atoms with Crippen molar-refractivity contribution in [3.05, 3.63) is 0 Å². The van der Waals surface area contributed by atoms with E-state index in [1.165, 1.54) is 0 Å². The molecule has 94 valence electrons. The molecule has 0 heterocycles. The van der Waals surface area contributed by atoms with Gasteiger partial charge in [-0.2, -0.15) is 0 Å². The first-order valence-corrected chi connectivity index (χ1v) is 6.13. The van der Waals surface area contributed by atoms with Crippen LogP contribution in [0.4, 0.5) is 0 Å². The molecular weight excluding hydrogens is 204 g/mol. The first kappa shape index (κ1) is 13.5. The number of amides is 1. The molecule has 0 aromatic heterocycles. The molecule has 0 saturated heterocycles. The van der Waals surface area contributed by atoms with Gasteiger partial charge in [0.2, 0.25) is 5.91 Å². The quantitative estimate of drug-likeness (QED) is 0.668. The van der Waals surface area contributed by atoms with E-state index in [1.54, 1.807) is 0 Å². The van der Waals surface area contributed by atoms with Gasteiger partial charge < -0.3 is 15.8 Å². The van der Waals surface area contributed by atoms with E-state index in [0.29, 0.717) is 0 Å². The molecule has 2 atom stereocenters. The summed E-state index contributed by atoms with van der Waals surface area (Å²) >= 11 is 0. The first-order chi connectivity index (χ1) is 7.52. The third kappa shape index (κ3) is 2.95. The summed E-state index contributed by atoms with van der Waals surface area (Å²) in [5, 5.41) is 2.93. The predicted octanol–water partition coefficient (Wildman–Crippen LogP) is 1.05. The molecule has 0 spiro atoms. The Bertz CT molecular complexity index is 241. The fourth-order valence-corrected chi connectivity index (χ4v) is 2.04. The minimum atomic E-state index is -0.0786. The van der Waals surface area contributed by atoms with Gasteiger partial charge >= 0.3 is 0 Å². The Hall–Kier alpha value is -0.610. The summed E-state index contributed by atoms with van der Waals surface area (Å²) in [7, 11) is 0. The topological polar surface area (TPSA) is 64.3 Å². The molecule has 1 rings (SSSR count). The number of unbranched alkanes of at least 4 members (excludes halogenated alkanes) is 1. The number of nitrogens with one attached hydrogen (secondary N) is 1. The van der Waals surface area contributed by atoms with E-state index in [1.807, 2.05) is 0 Å². The molecule has 0 radical (unpaired) electrons. The first-order valence-electron chi connectivity index (χ1n) is 6.13. The SMILES string of the molecule is CCCCOC1CC(NC(=O)CN)C1(C)C. The normalized spacial score (nSPS) is 27.2. The lowest BCUT2D eigenvalue weighted by molar-refractivity contribution is -0.137. The summed E-state index contributed by atoms with van der Waals surface area (Å²) in [6, 6.07) is 0.204. The molecule has 4 heteroatoms. The van der Waals surface area contributed by atoms with Crippen LogP contribution in [-0.4, -0.2) is 31.2 Å². The molecule has 1 fully saturated rings. The number of nitrogens with two attached hydrogens (primary N) is 1. The molecule has 2 unspecified atom stereocenters. The summed E-state index contributed by atoms with van der Waals surface area (Å²) < 4.78 is 5.80. The summed E-state index contributed by atoms with van der Waals surface area (Å²) in [5.41, 5.74) is 5.30. The number of hydrogen-bond donors (Lipinski definition) is 2. The average molecular weight is 228 g/mol. The molecule has 3 N–H and O–H groups in total. The van der Waals surface area contributed by atoms with Gasteiger partial charge in [-0.05, 0) is 12.8 Å². The van der Waals surface area contributed by atoms with Crippen molar-refractivity contribution < 1.29 is 9.53 Å². The molecule has 0 bridgehead atoms. The highest BCUT2D eigenvalue weighted by atomic mass is 16.5. The van der Waals surface area contributed by atoms with Crippen LogP contribution in [0.15, 0.2) is 0 Å². The third-order valence-electron chi connectivity index (χ3n) is 3.52. The van der Waals surface area contributed by atoms with Gasteiger partial charge in [-0.3, -0.25) is 4.79 Å². The lowest BCUT2D eigenvalue weighted by Gasteiger charge is -2.51. The van der Waals surface area contributed by atoms with Gasteiger partial charge in [0.15, 0.2) is 0 Å². The smallest absolute Gasteiger partial charge is 0.233 e. The number of carbonyl (C=O) groups excluding carboxylic acids is 1. The minimum absolute atomic E-state index is 0.0264. The van der Waals surface area contributed by atoms with Crippen molar-refractivity contribution in [3.8, 4) is 0 Å². The Morgan fingerprint density at radius 3 is 2.75 bits per heavy atom. The molecule has 1 aliphatic carbocycles. The monoisotopic (exact) mass is 228 g/mol. The third-order valence-corrected chi connectivity index (χ3v) is 3.52. The summed E-state index contributed by atoms with van der Waals surface area (Å²) in [6.45, 7) is 7.30. The Kier molecular flexibility index (Phi) is 4.74. The van der Waals surface area contributed by atoms with Crippen molar-refractivity contribution in [2.75, 3.05) is 13.2 Å². The fourth-order valence-electron chi connectivity index (χ4n) is 2.04. The van der Waals surface area contributed by atoms with Crippen molar-refractivity contribution in [3.63, 3.8) is 0 Å². The maximum Gasteiger partial charge on any atom is 0.233 e. The summed E-state index contributed by atoms with van der Waals surface area (Å²) in [4.78, 5) is 11.2. The Morgan fingerprint density at radius 2 is 2.25 bits per heavy atom. The van der Waals surface area contributed by atoms with E-state index in [2.05, 4.69) is 26.1 Å². The van der Waals surface area contributed by atoms with Crippen LogP contribution < -0.4 is 11.1 Å². The molecule has 0 aromatic carbocycles. The van der Waals surface area contributed by atoms with Crippen LogP contribution >= 0.6 is 0 Å². The van der Waals surface area contributed by atoms with Crippen LogP contribution in [0, 0.1) is 5.41 Å². The van der Waals surface area contributed by atoms with Gasteiger partial charge in [-0.15, -0.1) is 0 Å². The second-order valence-corrected chi connectivity index (χ2v) is 5.09. The number of carbonyl (C=O) groups is 1. The van der Waals surface area contributed by atoms with Crippen LogP contribution in [0.3, 0.4) is 0 Å². The highest BCUT2D eigenvalue weighted by Gasteiger charge is 2.49. The lowest BCUT2D eigenvalue weighted by atomic mass is 9.64. The maximum absolute atomic E-state index is 11.2. The zero-order valence-corrected chi connectivity index (χ0v) is 10.6. The second kappa shape index (κ2) is 5.64. The number of rotatable bonds is 6. The van der Waals surface area contributed by atoms with Gasteiger partial charge in [0.05, 0.1) is 12.6 Å².